The van der Waals surface area contributed by atoms with E-state index >= 15 is 0 Å². The molecule has 0 aliphatic heterocycles. The Kier molecular flexibility index (Phi) is 6.32. The maximum atomic E-state index is 12.2. The Labute approximate surface area is 110 Å². The van der Waals surface area contributed by atoms with Gasteiger partial charge in [-0.15, -0.1) is 0 Å². The zero-order valence-corrected chi connectivity index (χ0v) is 10.8. The van der Waals surface area contributed by atoms with E-state index in [9.17, 15) is 13.9 Å². The predicted octanol–water partition coefficient (Wildman–Crippen LogP) is 2.80. The summed E-state index contributed by atoms with van der Waals surface area (Å²) in [5.41, 5.74) is 0.533. The zero-order valence-electron chi connectivity index (χ0n) is 10.00. The second-order valence-electron chi connectivity index (χ2n) is 3.82. The van der Waals surface area contributed by atoms with Gasteiger partial charge in [-0.05, 0) is 24.6 Å². The highest BCUT2D eigenvalue weighted by molar-refractivity contribution is 6.30. The van der Waals surface area contributed by atoms with Gasteiger partial charge in [0.15, 0.2) is 0 Å². The van der Waals surface area contributed by atoms with E-state index in [-0.39, 0.29) is 5.75 Å². The minimum absolute atomic E-state index is 0.0906. The van der Waals surface area contributed by atoms with Crippen molar-refractivity contribution in [1.82, 2.24) is 5.32 Å². The van der Waals surface area contributed by atoms with E-state index in [0.29, 0.717) is 30.1 Å². The lowest BCUT2D eigenvalue weighted by Gasteiger charge is -2.13. The van der Waals surface area contributed by atoms with Crippen LogP contribution in [0.2, 0.25) is 5.02 Å². The second kappa shape index (κ2) is 7.51. The van der Waals surface area contributed by atoms with Gasteiger partial charge in [0, 0.05) is 23.7 Å². The summed E-state index contributed by atoms with van der Waals surface area (Å²) in [5.74, 6) is 0.0906. The summed E-state index contributed by atoms with van der Waals surface area (Å²) in [7, 11) is 0. The Balaban J connectivity index is 2.64. The Bertz CT molecular complexity index is 377. The van der Waals surface area contributed by atoms with E-state index in [1.165, 1.54) is 12.1 Å². The molecule has 0 saturated carbocycles. The van der Waals surface area contributed by atoms with Crippen LogP contribution in [-0.4, -0.2) is 24.4 Å². The molecule has 3 nitrogen and oxygen atoms in total. The number of benzene rings is 1. The summed E-state index contributed by atoms with van der Waals surface area (Å²) >= 11 is 5.80. The Hall–Kier alpha value is -0.910. The SMILES string of the molecule is CCC(O)CNCc1cc(Cl)ccc1OC(F)F. The minimum atomic E-state index is -2.87. The first-order valence-electron chi connectivity index (χ1n) is 5.65. The molecule has 0 aliphatic carbocycles. The van der Waals surface area contributed by atoms with E-state index in [4.69, 9.17) is 11.6 Å². The molecule has 0 spiro atoms. The van der Waals surface area contributed by atoms with Gasteiger partial charge < -0.3 is 15.2 Å². The number of halogens is 3. The van der Waals surface area contributed by atoms with E-state index < -0.39 is 12.7 Å². The van der Waals surface area contributed by atoms with Crippen molar-refractivity contribution in [3.63, 3.8) is 0 Å². The van der Waals surface area contributed by atoms with Crippen LogP contribution < -0.4 is 10.1 Å². The molecule has 0 fully saturated rings. The third-order valence-corrected chi connectivity index (χ3v) is 2.64. The fraction of sp³-hybridized carbons (Fsp3) is 0.500. The van der Waals surface area contributed by atoms with E-state index in [0.717, 1.165) is 0 Å². The number of alkyl halides is 2. The highest BCUT2D eigenvalue weighted by Gasteiger charge is 2.10. The molecule has 0 saturated heterocycles. The molecular formula is C12H16ClF2NO2. The molecule has 1 unspecified atom stereocenters. The molecule has 0 heterocycles. The van der Waals surface area contributed by atoms with Gasteiger partial charge in [-0.25, -0.2) is 0 Å². The molecule has 0 aromatic heterocycles. The standard InChI is InChI=1S/C12H16ClF2NO2/c1-2-10(17)7-16-6-8-5-9(13)3-4-11(8)18-12(14)15/h3-5,10,12,16-17H,2,6-7H2,1H3. The smallest absolute Gasteiger partial charge is 0.387 e. The average Bonchev–Trinajstić information content (AvgIpc) is 2.31. The fourth-order valence-corrected chi connectivity index (χ4v) is 1.61. The average molecular weight is 280 g/mol. The topological polar surface area (TPSA) is 41.5 Å². The lowest BCUT2D eigenvalue weighted by atomic mass is 10.2. The number of hydrogen-bond donors (Lipinski definition) is 2. The van der Waals surface area contributed by atoms with Crippen LogP contribution in [0, 0.1) is 0 Å². The van der Waals surface area contributed by atoms with Crippen molar-refractivity contribution in [1.29, 1.82) is 0 Å². The summed E-state index contributed by atoms with van der Waals surface area (Å²) in [6.45, 7) is -0.320. The number of rotatable bonds is 7. The molecule has 0 aliphatic rings. The molecule has 6 heteroatoms. The van der Waals surface area contributed by atoms with Crippen LogP contribution in [0.4, 0.5) is 8.78 Å². The van der Waals surface area contributed by atoms with Gasteiger partial charge in [0.2, 0.25) is 0 Å². The second-order valence-corrected chi connectivity index (χ2v) is 4.26. The number of aliphatic hydroxyl groups excluding tert-OH is 1. The van der Waals surface area contributed by atoms with Gasteiger partial charge in [0.1, 0.15) is 5.75 Å². The highest BCUT2D eigenvalue weighted by Crippen LogP contribution is 2.24. The largest absolute Gasteiger partial charge is 0.434 e. The lowest BCUT2D eigenvalue weighted by molar-refractivity contribution is -0.0505. The predicted molar refractivity (Wildman–Crippen MR) is 66.1 cm³/mol. The first-order chi connectivity index (χ1) is 8.52. The summed E-state index contributed by atoms with van der Waals surface area (Å²) in [6, 6.07) is 4.45. The van der Waals surface area contributed by atoms with Crippen molar-refractivity contribution >= 4 is 11.6 Å². The molecule has 1 atom stereocenters. The van der Waals surface area contributed by atoms with Crippen molar-refractivity contribution in [2.45, 2.75) is 32.6 Å². The Morgan fingerprint density at radius 2 is 2.17 bits per heavy atom. The van der Waals surface area contributed by atoms with Gasteiger partial charge >= 0.3 is 6.61 Å². The van der Waals surface area contributed by atoms with Crippen molar-refractivity contribution in [2.75, 3.05) is 6.54 Å². The zero-order chi connectivity index (χ0) is 13.5. The molecule has 0 radical (unpaired) electrons. The van der Waals surface area contributed by atoms with Gasteiger partial charge in [-0.2, -0.15) is 8.78 Å². The molecule has 0 amide bonds. The van der Waals surface area contributed by atoms with Crippen molar-refractivity contribution < 1.29 is 18.6 Å². The number of aliphatic hydroxyl groups is 1. The molecule has 1 aromatic rings. The summed E-state index contributed by atoms with van der Waals surface area (Å²) in [6.07, 6.45) is 0.173. The van der Waals surface area contributed by atoms with Crippen molar-refractivity contribution in [2.24, 2.45) is 0 Å². The van der Waals surface area contributed by atoms with E-state index in [1.54, 1.807) is 6.07 Å². The van der Waals surface area contributed by atoms with Gasteiger partial charge in [0.05, 0.1) is 6.10 Å². The van der Waals surface area contributed by atoms with Gasteiger partial charge in [-0.1, -0.05) is 18.5 Å². The summed E-state index contributed by atoms with van der Waals surface area (Å²) in [5, 5.41) is 12.8. The van der Waals surface area contributed by atoms with Crippen LogP contribution in [0.15, 0.2) is 18.2 Å². The first-order valence-corrected chi connectivity index (χ1v) is 6.02. The fourth-order valence-electron chi connectivity index (χ4n) is 1.41. The lowest BCUT2D eigenvalue weighted by Crippen LogP contribution is -2.26. The first kappa shape index (κ1) is 15.1. The third-order valence-electron chi connectivity index (χ3n) is 2.41. The molecule has 18 heavy (non-hydrogen) atoms. The van der Waals surface area contributed by atoms with Crippen molar-refractivity contribution in [3.8, 4) is 5.75 Å². The number of hydrogen-bond acceptors (Lipinski definition) is 3. The summed E-state index contributed by atoms with van der Waals surface area (Å²) in [4.78, 5) is 0. The van der Waals surface area contributed by atoms with Crippen LogP contribution in [-0.2, 0) is 6.54 Å². The molecule has 1 rings (SSSR count). The van der Waals surface area contributed by atoms with Gasteiger partial charge in [-0.3, -0.25) is 0 Å². The van der Waals surface area contributed by atoms with Gasteiger partial charge in [0.25, 0.3) is 0 Å². The molecule has 0 bridgehead atoms. The third kappa shape index (κ3) is 5.16. The minimum Gasteiger partial charge on any atom is -0.434 e. The van der Waals surface area contributed by atoms with Crippen LogP contribution in [0.1, 0.15) is 18.9 Å². The van der Waals surface area contributed by atoms with Crippen LogP contribution in [0.5, 0.6) is 5.75 Å². The quantitative estimate of drug-likeness (QED) is 0.806. The molecule has 1 aromatic carbocycles. The highest BCUT2D eigenvalue weighted by atomic mass is 35.5. The van der Waals surface area contributed by atoms with Crippen LogP contribution in [0.3, 0.4) is 0 Å². The monoisotopic (exact) mass is 279 g/mol. The maximum absolute atomic E-state index is 12.2. The number of ether oxygens (including phenoxy) is 1. The molecule has 2 N–H and O–H groups in total. The van der Waals surface area contributed by atoms with Crippen molar-refractivity contribution in [3.05, 3.63) is 28.8 Å². The maximum Gasteiger partial charge on any atom is 0.387 e. The Morgan fingerprint density at radius 1 is 1.44 bits per heavy atom. The van der Waals surface area contributed by atoms with Crippen LogP contribution in [0.25, 0.3) is 0 Å². The molecular weight excluding hydrogens is 264 g/mol. The van der Waals surface area contributed by atoms with E-state index in [1.807, 2.05) is 6.92 Å². The van der Waals surface area contributed by atoms with Crippen LogP contribution >= 0.6 is 11.6 Å². The Morgan fingerprint density at radius 3 is 2.78 bits per heavy atom. The number of nitrogens with one attached hydrogen (secondary N) is 1. The van der Waals surface area contributed by atoms with E-state index in [2.05, 4.69) is 10.1 Å². The normalized spacial score (nSPS) is 12.8. The molecule has 102 valence electrons. The summed E-state index contributed by atoms with van der Waals surface area (Å²) < 4.78 is 28.8.